The lowest BCUT2D eigenvalue weighted by Crippen LogP contribution is -2.44. The van der Waals surface area contributed by atoms with Gasteiger partial charge in [-0.15, -0.1) is 0 Å². The van der Waals surface area contributed by atoms with Gasteiger partial charge in [0.15, 0.2) is 0 Å². The van der Waals surface area contributed by atoms with Crippen molar-refractivity contribution in [3.8, 4) is 0 Å². The van der Waals surface area contributed by atoms with E-state index in [2.05, 4.69) is 27.9 Å². The molecule has 19 heavy (non-hydrogen) atoms. The van der Waals surface area contributed by atoms with Gasteiger partial charge in [-0.3, -0.25) is 4.79 Å². The highest BCUT2D eigenvalue weighted by molar-refractivity contribution is 9.10. The third kappa shape index (κ3) is 3.50. The fourth-order valence-corrected chi connectivity index (χ4v) is 2.88. The van der Waals surface area contributed by atoms with E-state index in [1.165, 1.54) is 0 Å². The Morgan fingerprint density at radius 3 is 2.63 bits per heavy atom. The molecular formula is C14H18BrClN2O. The van der Waals surface area contributed by atoms with Crippen LogP contribution in [0.3, 0.4) is 0 Å². The molecule has 0 saturated carbocycles. The van der Waals surface area contributed by atoms with E-state index >= 15 is 0 Å². The maximum atomic E-state index is 12.4. The maximum absolute atomic E-state index is 12.4. The molecule has 3 nitrogen and oxygen atoms in total. The number of carbonyl (C=O) groups excluding carboxylic acids is 1. The molecule has 2 rings (SSSR count). The van der Waals surface area contributed by atoms with Crippen LogP contribution < -0.4 is 0 Å². The molecule has 0 spiro atoms. The van der Waals surface area contributed by atoms with Gasteiger partial charge in [0.1, 0.15) is 0 Å². The number of nitrogens with zero attached hydrogens (tertiary/aromatic N) is 2. The van der Waals surface area contributed by atoms with Gasteiger partial charge >= 0.3 is 0 Å². The number of hydrogen-bond donors (Lipinski definition) is 0. The first-order valence-corrected chi connectivity index (χ1v) is 7.57. The van der Waals surface area contributed by atoms with Crippen LogP contribution in [0.15, 0.2) is 22.7 Å². The summed E-state index contributed by atoms with van der Waals surface area (Å²) >= 11 is 9.31. The molecule has 1 aromatic carbocycles. The lowest BCUT2D eigenvalue weighted by Gasteiger charge is -2.35. The lowest BCUT2D eigenvalue weighted by atomic mass is 10.0. The fraction of sp³-hybridized carbons (Fsp3) is 0.500. The van der Waals surface area contributed by atoms with Crippen molar-refractivity contribution in [3.63, 3.8) is 0 Å². The highest BCUT2D eigenvalue weighted by Crippen LogP contribution is 2.24. The largest absolute Gasteiger partial charge is 0.339 e. The molecule has 5 heteroatoms. The molecule has 104 valence electrons. The first-order chi connectivity index (χ1) is 8.99. The van der Waals surface area contributed by atoms with E-state index in [-0.39, 0.29) is 5.91 Å². The molecular weight excluding hydrogens is 328 g/mol. The second-order valence-corrected chi connectivity index (χ2v) is 6.34. The van der Waals surface area contributed by atoms with Crippen molar-refractivity contribution in [3.05, 3.63) is 33.3 Å². The molecule has 0 bridgehead atoms. The summed E-state index contributed by atoms with van der Waals surface area (Å²) in [5.41, 5.74) is 0.678. The van der Waals surface area contributed by atoms with E-state index in [0.717, 1.165) is 30.4 Å². The van der Waals surface area contributed by atoms with Crippen molar-refractivity contribution in [1.82, 2.24) is 9.80 Å². The molecule has 1 aliphatic rings. The van der Waals surface area contributed by atoms with Gasteiger partial charge in [-0.2, -0.15) is 0 Å². The van der Waals surface area contributed by atoms with Gasteiger partial charge in [-0.25, -0.2) is 0 Å². The molecule has 1 amide bonds. The summed E-state index contributed by atoms with van der Waals surface area (Å²) in [5.74, 6) is 0.0620. The Morgan fingerprint density at radius 2 is 2.05 bits per heavy atom. The van der Waals surface area contributed by atoms with Crippen molar-refractivity contribution in [1.29, 1.82) is 0 Å². The first-order valence-electron chi connectivity index (χ1n) is 6.40. The highest BCUT2D eigenvalue weighted by atomic mass is 79.9. The quantitative estimate of drug-likeness (QED) is 0.821. The van der Waals surface area contributed by atoms with Gasteiger partial charge in [0.05, 0.1) is 5.02 Å². The summed E-state index contributed by atoms with van der Waals surface area (Å²) in [5, 5.41) is 0.624. The number of halogens is 2. The van der Waals surface area contributed by atoms with E-state index in [4.69, 9.17) is 11.6 Å². The van der Waals surface area contributed by atoms with Crippen LogP contribution in [0.25, 0.3) is 0 Å². The van der Waals surface area contributed by atoms with Crippen molar-refractivity contribution >= 4 is 33.4 Å². The lowest BCUT2D eigenvalue weighted by molar-refractivity contribution is 0.0659. The Bertz CT molecular complexity index is 473. The van der Waals surface area contributed by atoms with E-state index < -0.39 is 0 Å². The minimum Gasteiger partial charge on any atom is -0.339 e. The number of piperidine rings is 1. The van der Waals surface area contributed by atoms with Gasteiger partial charge in [0.25, 0.3) is 5.91 Å². The van der Waals surface area contributed by atoms with Crippen LogP contribution in [0.2, 0.25) is 5.02 Å². The fourth-order valence-electron chi connectivity index (χ4n) is 2.38. The molecule has 1 heterocycles. The second kappa shape index (κ2) is 6.25. The topological polar surface area (TPSA) is 23.6 Å². The molecule has 0 aliphatic carbocycles. The van der Waals surface area contributed by atoms with E-state index in [0.29, 0.717) is 16.6 Å². The minimum absolute atomic E-state index is 0.0620. The predicted octanol–water partition coefficient (Wildman–Crippen LogP) is 3.27. The zero-order chi connectivity index (χ0) is 14.0. The summed E-state index contributed by atoms with van der Waals surface area (Å²) in [6.45, 7) is 2.10. The molecule has 1 aromatic rings. The predicted molar refractivity (Wildman–Crippen MR) is 81.8 cm³/mol. The van der Waals surface area contributed by atoms with Crippen molar-refractivity contribution in [2.45, 2.75) is 18.9 Å². The van der Waals surface area contributed by atoms with Crippen molar-refractivity contribution in [2.24, 2.45) is 0 Å². The van der Waals surface area contributed by atoms with Gasteiger partial charge in [-0.1, -0.05) is 11.6 Å². The van der Waals surface area contributed by atoms with Gasteiger partial charge in [-0.05, 0) is 67.1 Å². The highest BCUT2D eigenvalue weighted by Gasteiger charge is 2.24. The zero-order valence-electron chi connectivity index (χ0n) is 11.2. The van der Waals surface area contributed by atoms with Gasteiger partial charge < -0.3 is 9.80 Å². The summed E-state index contributed by atoms with van der Waals surface area (Å²) in [7, 11) is 4.01. The number of hydrogen-bond acceptors (Lipinski definition) is 2. The van der Waals surface area contributed by atoms with Gasteiger partial charge in [0, 0.05) is 23.1 Å². The average Bonchev–Trinajstić information content (AvgIpc) is 2.41. The number of carbonyl (C=O) groups is 1. The Balaban J connectivity index is 2.08. The molecule has 0 aromatic heterocycles. The molecule has 0 radical (unpaired) electrons. The average molecular weight is 346 g/mol. The summed E-state index contributed by atoms with van der Waals surface area (Å²) in [6.07, 6.45) is 2.07. The Labute approximate surface area is 127 Å². The smallest absolute Gasteiger partial charge is 0.253 e. The van der Waals surface area contributed by atoms with Gasteiger partial charge in [0.2, 0.25) is 0 Å². The molecule has 0 atom stereocenters. The Hall–Kier alpha value is -0.580. The molecule has 0 unspecified atom stereocenters. The van der Waals surface area contributed by atoms with Crippen LogP contribution in [0, 0.1) is 0 Å². The summed E-state index contributed by atoms with van der Waals surface area (Å²) in [6, 6.07) is 5.65. The van der Waals surface area contributed by atoms with E-state index in [1.807, 2.05) is 11.9 Å². The monoisotopic (exact) mass is 344 g/mol. The van der Waals surface area contributed by atoms with Crippen molar-refractivity contribution in [2.75, 3.05) is 27.2 Å². The number of rotatable bonds is 2. The van der Waals surface area contributed by atoms with Crippen LogP contribution >= 0.6 is 27.5 Å². The maximum Gasteiger partial charge on any atom is 0.253 e. The second-order valence-electron chi connectivity index (χ2n) is 5.08. The molecule has 1 fully saturated rings. The van der Waals surface area contributed by atoms with Crippen LogP contribution in [-0.4, -0.2) is 48.9 Å². The zero-order valence-corrected chi connectivity index (χ0v) is 13.5. The van der Waals surface area contributed by atoms with Crippen LogP contribution in [-0.2, 0) is 0 Å². The van der Waals surface area contributed by atoms with Crippen LogP contribution in [0.1, 0.15) is 23.2 Å². The molecule has 1 aliphatic heterocycles. The third-order valence-electron chi connectivity index (χ3n) is 3.72. The number of likely N-dealkylation sites (tertiary alicyclic amines) is 1. The Morgan fingerprint density at radius 1 is 1.42 bits per heavy atom. The summed E-state index contributed by atoms with van der Waals surface area (Å²) in [4.78, 5) is 16.6. The first kappa shape index (κ1) is 14.8. The standard InChI is InChI=1S/C14H18BrClN2O/c1-17-7-5-11(6-8-17)18(2)14(19)10-3-4-13(16)12(15)9-10/h3-4,9,11H,5-8H2,1-2H3. The SMILES string of the molecule is CN1CCC(N(C)C(=O)c2ccc(Cl)c(Br)c2)CC1. The number of amides is 1. The van der Waals surface area contributed by atoms with Crippen LogP contribution in [0.4, 0.5) is 0 Å². The van der Waals surface area contributed by atoms with E-state index in [1.54, 1.807) is 18.2 Å². The molecule has 1 saturated heterocycles. The normalized spacial score (nSPS) is 17.5. The minimum atomic E-state index is 0.0620. The van der Waals surface area contributed by atoms with Crippen molar-refractivity contribution < 1.29 is 4.79 Å². The Kier molecular flexibility index (Phi) is 4.87. The van der Waals surface area contributed by atoms with Crippen LogP contribution in [0.5, 0.6) is 0 Å². The third-order valence-corrected chi connectivity index (χ3v) is 4.94. The number of benzene rings is 1. The van der Waals surface area contributed by atoms with E-state index in [9.17, 15) is 4.79 Å². The summed E-state index contributed by atoms with van der Waals surface area (Å²) < 4.78 is 0.761. The molecule has 0 N–H and O–H groups in total.